The molecule has 0 spiro atoms. The maximum atomic E-state index is 11.6. The van der Waals surface area contributed by atoms with Gasteiger partial charge in [-0.1, -0.05) is 39.5 Å². The minimum Gasteiger partial charge on any atom is -0.462 e. The van der Waals surface area contributed by atoms with E-state index in [4.69, 9.17) is 4.74 Å². The molecular formula is C19H34O2. The summed E-state index contributed by atoms with van der Waals surface area (Å²) < 4.78 is 5.58. The van der Waals surface area contributed by atoms with Crippen LogP contribution in [0.1, 0.15) is 90.9 Å². The molecule has 0 aromatic carbocycles. The van der Waals surface area contributed by atoms with E-state index in [1.54, 1.807) is 0 Å². The van der Waals surface area contributed by atoms with Crippen molar-refractivity contribution in [2.45, 2.75) is 97.0 Å². The van der Waals surface area contributed by atoms with Crippen LogP contribution in [0.2, 0.25) is 0 Å². The van der Waals surface area contributed by atoms with E-state index in [-0.39, 0.29) is 12.1 Å². The molecule has 2 heteroatoms. The first-order valence-electron chi connectivity index (χ1n) is 9.42. The van der Waals surface area contributed by atoms with Gasteiger partial charge in [0.25, 0.3) is 0 Å². The Hall–Kier alpha value is -0.530. The van der Waals surface area contributed by atoms with E-state index in [0.717, 1.165) is 37.0 Å². The lowest BCUT2D eigenvalue weighted by Crippen LogP contribution is -2.29. The van der Waals surface area contributed by atoms with Crippen molar-refractivity contribution < 1.29 is 9.53 Å². The van der Waals surface area contributed by atoms with Gasteiger partial charge in [-0.25, -0.2) is 0 Å². The summed E-state index contributed by atoms with van der Waals surface area (Å²) in [5.74, 6) is 2.90. The van der Waals surface area contributed by atoms with E-state index in [1.165, 1.54) is 51.4 Å². The first-order chi connectivity index (χ1) is 10.2. The van der Waals surface area contributed by atoms with Gasteiger partial charge >= 0.3 is 5.97 Å². The fourth-order valence-electron chi connectivity index (χ4n) is 4.48. The Morgan fingerprint density at radius 2 is 1.43 bits per heavy atom. The van der Waals surface area contributed by atoms with Gasteiger partial charge in [-0.2, -0.15) is 0 Å². The zero-order valence-electron chi connectivity index (χ0n) is 14.1. The Morgan fingerprint density at radius 3 is 1.95 bits per heavy atom. The number of carbonyl (C=O) groups excluding carboxylic acids is 1. The highest BCUT2D eigenvalue weighted by molar-refractivity contribution is 5.69. The minimum absolute atomic E-state index is 0.0148. The quantitative estimate of drug-likeness (QED) is 0.605. The summed E-state index contributed by atoms with van der Waals surface area (Å²) in [6.07, 6.45) is 15.1. The van der Waals surface area contributed by atoms with Crippen molar-refractivity contribution in [3.63, 3.8) is 0 Å². The number of hydrogen-bond acceptors (Lipinski definition) is 2. The van der Waals surface area contributed by atoms with E-state index in [9.17, 15) is 4.79 Å². The van der Waals surface area contributed by atoms with Gasteiger partial charge in [0.05, 0.1) is 0 Å². The molecule has 2 nitrogen and oxygen atoms in total. The molecule has 0 atom stereocenters. The molecule has 122 valence electrons. The zero-order chi connectivity index (χ0) is 15.1. The molecule has 2 fully saturated rings. The largest absolute Gasteiger partial charge is 0.462 e. The van der Waals surface area contributed by atoms with Gasteiger partial charge in [-0.05, 0) is 62.7 Å². The lowest BCUT2D eigenvalue weighted by molar-refractivity contribution is -0.151. The third-order valence-corrected chi connectivity index (χ3v) is 5.73. The second-order valence-electron chi connectivity index (χ2n) is 7.35. The fraction of sp³-hybridized carbons (Fsp3) is 0.947. The summed E-state index contributed by atoms with van der Waals surface area (Å²) in [7, 11) is 0. The zero-order valence-corrected chi connectivity index (χ0v) is 14.1. The Labute approximate surface area is 131 Å². The highest BCUT2D eigenvalue weighted by Crippen LogP contribution is 2.41. The molecule has 21 heavy (non-hydrogen) atoms. The van der Waals surface area contributed by atoms with Crippen molar-refractivity contribution in [3.05, 3.63) is 0 Å². The van der Waals surface area contributed by atoms with Crippen LogP contribution >= 0.6 is 0 Å². The normalized spacial score (nSPS) is 33.6. The highest BCUT2D eigenvalue weighted by atomic mass is 16.5. The van der Waals surface area contributed by atoms with Crippen molar-refractivity contribution in [2.75, 3.05) is 0 Å². The topological polar surface area (TPSA) is 26.3 Å². The number of hydrogen-bond donors (Lipinski definition) is 0. The van der Waals surface area contributed by atoms with Gasteiger partial charge < -0.3 is 4.74 Å². The average molecular weight is 294 g/mol. The van der Waals surface area contributed by atoms with E-state index in [0.29, 0.717) is 6.42 Å². The van der Waals surface area contributed by atoms with Crippen molar-refractivity contribution >= 4 is 5.97 Å². The van der Waals surface area contributed by atoms with Gasteiger partial charge in [0.1, 0.15) is 6.10 Å². The van der Waals surface area contributed by atoms with Gasteiger partial charge in [0.2, 0.25) is 0 Å². The molecule has 0 aliphatic heterocycles. The Kier molecular flexibility index (Phi) is 7.06. The summed E-state index contributed by atoms with van der Waals surface area (Å²) in [6, 6.07) is 0. The SMILES string of the molecule is CCCC(=O)OC1CCC(C2CCC(CCC)CC2)CC1. The maximum absolute atomic E-state index is 11.6. The molecular weight excluding hydrogens is 260 g/mol. The molecule has 2 aliphatic carbocycles. The molecule has 2 aliphatic rings. The Balaban J connectivity index is 1.66. The van der Waals surface area contributed by atoms with Crippen LogP contribution in [0, 0.1) is 17.8 Å². The lowest BCUT2D eigenvalue weighted by Gasteiger charge is -2.37. The van der Waals surface area contributed by atoms with Gasteiger partial charge in [-0.3, -0.25) is 4.79 Å². The Morgan fingerprint density at radius 1 is 0.857 bits per heavy atom. The van der Waals surface area contributed by atoms with Crippen molar-refractivity contribution in [1.29, 1.82) is 0 Å². The predicted octanol–water partition coefficient (Wildman–Crippen LogP) is 5.50. The molecule has 2 rings (SSSR count). The van der Waals surface area contributed by atoms with Gasteiger partial charge in [-0.15, -0.1) is 0 Å². The maximum Gasteiger partial charge on any atom is 0.306 e. The molecule has 0 amide bonds. The predicted molar refractivity (Wildman–Crippen MR) is 87.1 cm³/mol. The number of rotatable bonds is 6. The molecule has 0 heterocycles. The van der Waals surface area contributed by atoms with Crippen molar-refractivity contribution in [2.24, 2.45) is 17.8 Å². The smallest absolute Gasteiger partial charge is 0.306 e. The average Bonchev–Trinajstić information content (AvgIpc) is 2.49. The molecule has 0 unspecified atom stereocenters. The van der Waals surface area contributed by atoms with E-state index in [1.807, 2.05) is 6.92 Å². The molecule has 0 radical (unpaired) electrons. The first kappa shape index (κ1) is 16.8. The number of carbonyl (C=O) groups is 1. The summed E-state index contributed by atoms with van der Waals surface area (Å²) in [4.78, 5) is 11.6. The van der Waals surface area contributed by atoms with Crippen LogP contribution in [0.4, 0.5) is 0 Å². The lowest BCUT2D eigenvalue weighted by atomic mass is 9.70. The molecule has 0 saturated heterocycles. The van der Waals surface area contributed by atoms with Crippen molar-refractivity contribution in [1.82, 2.24) is 0 Å². The van der Waals surface area contributed by atoms with Gasteiger partial charge in [0, 0.05) is 6.42 Å². The molecule has 0 bridgehead atoms. The molecule has 2 saturated carbocycles. The number of esters is 1. The Bertz CT molecular complexity index is 297. The minimum atomic E-state index is 0.0148. The monoisotopic (exact) mass is 294 g/mol. The van der Waals surface area contributed by atoms with Crippen LogP contribution in [-0.2, 0) is 9.53 Å². The third-order valence-electron chi connectivity index (χ3n) is 5.73. The molecule has 0 N–H and O–H groups in total. The highest BCUT2D eigenvalue weighted by Gasteiger charge is 2.31. The van der Waals surface area contributed by atoms with E-state index >= 15 is 0 Å². The van der Waals surface area contributed by atoms with Crippen LogP contribution in [0.5, 0.6) is 0 Å². The summed E-state index contributed by atoms with van der Waals surface area (Å²) in [5.41, 5.74) is 0. The van der Waals surface area contributed by atoms with Gasteiger partial charge in [0.15, 0.2) is 0 Å². The van der Waals surface area contributed by atoms with Crippen LogP contribution < -0.4 is 0 Å². The third kappa shape index (κ3) is 5.30. The van der Waals surface area contributed by atoms with Crippen LogP contribution in [0.15, 0.2) is 0 Å². The van der Waals surface area contributed by atoms with E-state index in [2.05, 4.69) is 6.92 Å². The summed E-state index contributed by atoms with van der Waals surface area (Å²) >= 11 is 0. The standard InChI is InChI=1S/C19H34O2/c1-3-5-15-7-9-16(10-8-15)17-11-13-18(14-12-17)21-19(20)6-4-2/h15-18H,3-14H2,1-2H3. The second kappa shape index (κ2) is 8.80. The van der Waals surface area contributed by atoms with Crippen molar-refractivity contribution in [3.8, 4) is 0 Å². The number of ether oxygens (including phenoxy) is 1. The second-order valence-corrected chi connectivity index (χ2v) is 7.35. The van der Waals surface area contributed by atoms with Crippen LogP contribution in [0.3, 0.4) is 0 Å². The van der Waals surface area contributed by atoms with E-state index < -0.39 is 0 Å². The van der Waals surface area contributed by atoms with Crippen LogP contribution in [0.25, 0.3) is 0 Å². The first-order valence-corrected chi connectivity index (χ1v) is 9.42. The molecule has 0 aromatic heterocycles. The summed E-state index contributed by atoms with van der Waals surface area (Å²) in [5, 5.41) is 0. The fourth-order valence-corrected chi connectivity index (χ4v) is 4.48. The molecule has 0 aromatic rings. The van der Waals surface area contributed by atoms with Crippen LogP contribution in [-0.4, -0.2) is 12.1 Å². The summed E-state index contributed by atoms with van der Waals surface area (Å²) in [6.45, 7) is 4.35.